The van der Waals surface area contributed by atoms with E-state index >= 15 is 0 Å². The summed E-state index contributed by atoms with van der Waals surface area (Å²) in [4.78, 5) is 0. The normalized spacial score (nSPS) is 29.2. The lowest BCUT2D eigenvalue weighted by Crippen LogP contribution is -2.33. The summed E-state index contributed by atoms with van der Waals surface area (Å²) in [5.74, 6) is 0.996. The van der Waals surface area contributed by atoms with Gasteiger partial charge in [-0.15, -0.1) is 0 Å². The van der Waals surface area contributed by atoms with Gasteiger partial charge in [0, 0.05) is 12.1 Å². The Bertz CT molecular complexity index is 123. The Hall–Kier alpha value is -0.0400. The van der Waals surface area contributed by atoms with Crippen molar-refractivity contribution in [3.05, 3.63) is 0 Å². The summed E-state index contributed by atoms with van der Waals surface area (Å²) in [6, 6.07) is 1.69. The van der Waals surface area contributed by atoms with Gasteiger partial charge in [0.2, 0.25) is 0 Å². The standard InChI is InChI=1S/C10H19N/c1-8(11-10-6-7-10)9-4-2-3-5-9/h8-11H,2-7H2,1H3/t8-/m1/s1. The molecule has 1 nitrogen and oxygen atoms in total. The fourth-order valence-electron chi connectivity index (χ4n) is 2.22. The van der Waals surface area contributed by atoms with Gasteiger partial charge in [0.1, 0.15) is 0 Å². The Morgan fingerprint density at radius 1 is 1.09 bits per heavy atom. The van der Waals surface area contributed by atoms with Crippen molar-refractivity contribution in [2.45, 2.75) is 57.5 Å². The van der Waals surface area contributed by atoms with Gasteiger partial charge in [0.25, 0.3) is 0 Å². The highest BCUT2D eigenvalue weighted by Crippen LogP contribution is 2.29. The molecule has 64 valence electrons. The number of rotatable bonds is 3. The monoisotopic (exact) mass is 153 g/mol. The van der Waals surface area contributed by atoms with E-state index in [2.05, 4.69) is 12.2 Å². The lowest BCUT2D eigenvalue weighted by molar-refractivity contribution is 0.379. The molecule has 0 aliphatic heterocycles. The summed E-state index contributed by atoms with van der Waals surface area (Å²) in [6.07, 6.45) is 8.75. The predicted octanol–water partition coefficient (Wildman–Crippen LogP) is 2.32. The Kier molecular flexibility index (Phi) is 2.17. The SMILES string of the molecule is C[C@@H](NC1CC1)C1CCCC1. The lowest BCUT2D eigenvalue weighted by Gasteiger charge is -2.19. The summed E-state index contributed by atoms with van der Waals surface area (Å²) in [7, 11) is 0. The van der Waals surface area contributed by atoms with Gasteiger partial charge in [-0.2, -0.15) is 0 Å². The van der Waals surface area contributed by atoms with Crippen molar-refractivity contribution in [2.75, 3.05) is 0 Å². The fourth-order valence-corrected chi connectivity index (χ4v) is 2.22. The second-order valence-corrected chi connectivity index (χ2v) is 4.27. The summed E-state index contributed by atoms with van der Waals surface area (Å²) < 4.78 is 0. The van der Waals surface area contributed by atoms with Crippen LogP contribution in [-0.4, -0.2) is 12.1 Å². The Morgan fingerprint density at radius 2 is 1.73 bits per heavy atom. The van der Waals surface area contributed by atoms with Crippen molar-refractivity contribution >= 4 is 0 Å². The first-order chi connectivity index (χ1) is 5.36. The molecule has 11 heavy (non-hydrogen) atoms. The van der Waals surface area contributed by atoms with E-state index in [4.69, 9.17) is 0 Å². The molecule has 0 amide bonds. The summed E-state index contributed by atoms with van der Waals surface area (Å²) in [5, 5.41) is 3.70. The number of hydrogen-bond donors (Lipinski definition) is 1. The van der Waals surface area contributed by atoms with Gasteiger partial charge in [-0.25, -0.2) is 0 Å². The highest BCUT2D eigenvalue weighted by Gasteiger charge is 2.27. The van der Waals surface area contributed by atoms with E-state index in [1.807, 2.05) is 0 Å². The predicted molar refractivity (Wildman–Crippen MR) is 47.6 cm³/mol. The van der Waals surface area contributed by atoms with Crippen LogP contribution in [0.5, 0.6) is 0 Å². The molecule has 0 unspecified atom stereocenters. The van der Waals surface area contributed by atoms with Gasteiger partial charge in [-0.3, -0.25) is 0 Å². The highest BCUT2D eigenvalue weighted by atomic mass is 15.0. The van der Waals surface area contributed by atoms with Crippen molar-refractivity contribution in [1.82, 2.24) is 5.32 Å². The first-order valence-corrected chi connectivity index (χ1v) is 5.12. The molecule has 0 saturated heterocycles. The zero-order valence-corrected chi connectivity index (χ0v) is 7.47. The summed E-state index contributed by atoms with van der Waals surface area (Å²) >= 11 is 0. The molecule has 1 N–H and O–H groups in total. The van der Waals surface area contributed by atoms with E-state index in [0.717, 1.165) is 18.0 Å². The molecule has 0 bridgehead atoms. The van der Waals surface area contributed by atoms with Crippen LogP contribution in [-0.2, 0) is 0 Å². The molecule has 2 aliphatic rings. The molecule has 2 rings (SSSR count). The first-order valence-electron chi connectivity index (χ1n) is 5.12. The first kappa shape index (κ1) is 7.60. The van der Waals surface area contributed by atoms with E-state index in [9.17, 15) is 0 Å². The minimum atomic E-state index is 0.796. The third kappa shape index (κ3) is 1.96. The molecular weight excluding hydrogens is 134 g/mol. The molecule has 1 atom stereocenters. The minimum absolute atomic E-state index is 0.796. The molecule has 2 saturated carbocycles. The molecule has 0 heterocycles. The molecule has 2 fully saturated rings. The van der Waals surface area contributed by atoms with Gasteiger partial charge >= 0.3 is 0 Å². The van der Waals surface area contributed by atoms with Gasteiger partial charge in [0.05, 0.1) is 0 Å². The second-order valence-electron chi connectivity index (χ2n) is 4.27. The van der Waals surface area contributed by atoms with Crippen LogP contribution in [0.15, 0.2) is 0 Å². The Balaban J connectivity index is 1.73. The Morgan fingerprint density at radius 3 is 2.27 bits per heavy atom. The zero-order valence-electron chi connectivity index (χ0n) is 7.47. The quantitative estimate of drug-likeness (QED) is 0.656. The lowest BCUT2D eigenvalue weighted by atomic mass is 10.00. The summed E-state index contributed by atoms with van der Waals surface area (Å²) in [6.45, 7) is 2.37. The second kappa shape index (κ2) is 3.14. The summed E-state index contributed by atoms with van der Waals surface area (Å²) in [5.41, 5.74) is 0. The van der Waals surface area contributed by atoms with Gasteiger partial charge in [-0.05, 0) is 38.5 Å². The average Bonchev–Trinajstić information content (AvgIpc) is 2.67. The molecule has 0 aromatic heterocycles. The van der Waals surface area contributed by atoms with Crippen molar-refractivity contribution in [1.29, 1.82) is 0 Å². The minimum Gasteiger partial charge on any atom is -0.311 e. The van der Waals surface area contributed by atoms with E-state index in [-0.39, 0.29) is 0 Å². The maximum atomic E-state index is 3.70. The van der Waals surface area contributed by atoms with E-state index in [0.29, 0.717) is 0 Å². The molecule has 0 aromatic carbocycles. The number of hydrogen-bond acceptors (Lipinski definition) is 1. The van der Waals surface area contributed by atoms with Crippen LogP contribution in [0.1, 0.15) is 45.4 Å². The maximum absolute atomic E-state index is 3.70. The molecule has 0 radical (unpaired) electrons. The van der Waals surface area contributed by atoms with Crippen molar-refractivity contribution in [3.8, 4) is 0 Å². The highest BCUT2D eigenvalue weighted by molar-refractivity contribution is 4.87. The third-order valence-electron chi connectivity index (χ3n) is 3.18. The average molecular weight is 153 g/mol. The maximum Gasteiger partial charge on any atom is 0.00708 e. The van der Waals surface area contributed by atoms with E-state index in [1.54, 1.807) is 0 Å². The van der Waals surface area contributed by atoms with Gasteiger partial charge in [0.15, 0.2) is 0 Å². The van der Waals surface area contributed by atoms with Crippen LogP contribution >= 0.6 is 0 Å². The van der Waals surface area contributed by atoms with Crippen molar-refractivity contribution in [2.24, 2.45) is 5.92 Å². The van der Waals surface area contributed by atoms with Crippen LogP contribution in [0.2, 0.25) is 0 Å². The fraction of sp³-hybridized carbons (Fsp3) is 1.00. The Labute approximate surface area is 69.6 Å². The molecule has 0 aromatic rings. The molecule has 0 spiro atoms. The largest absolute Gasteiger partial charge is 0.311 e. The van der Waals surface area contributed by atoms with E-state index < -0.39 is 0 Å². The van der Waals surface area contributed by atoms with Gasteiger partial charge in [-0.1, -0.05) is 12.8 Å². The molecular formula is C10H19N. The van der Waals surface area contributed by atoms with Crippen molar-refractivity contribution < 1.29 is 0 Å². The smallest absolute Gasteiger partial charge is 0.00708 e. The van der Waals surface area contributed by atoms with Crippen molar-refractivity contribution in [3.63, 3.8) is 0 Å². The zero-order chi connectivity index (χ0) is 7.68. The van der Waals surface area contributed by atoms with Crippen LogP contribution in [0.25, 0.3) is 0 Å². The van der Waals surface area contributed by atoms with E-state index in [1.165, 1.54) is 38.5 Å². The molecule has 1 heteroatoms. The van der Waals surface area contributed by atoms with Gasteiger partial charge < -0.3 is 5.32 Å². The van der Waals surface area contributed by atoms with Crippen LogP contribution in [0.4, 0.5) is 0 Å². The van der Waals surface area contributed by atoms with Crippen LogP contribution in [0, 0.1) is 5.92 Å². The molecule has 2 aliphatic carbocycles. The van der Waals surface area contributed by atoms with Crippen LogP contribution < -0.4 is 5.32 Å². The number of nitrogens with one attached hydrogen (secondary N) is 1. The third-order valence-corrected chi connectivity index (χ3v) is 3.18. The van der Waals surface area contributed by atoms with Crippen LogP contribution in [0.3, 0.4) is 0 Å². The topological polar surface area (TPSA) is 12.0 Å².